The van der Waals surface area contributed by atoms with E-state index in [-0.39, 0.29) is 0 Å². The summed E-state index contributed by atoms with van der Waals surface area (Å²) in [6.45, 7) is 4.64. The van der Waals surface area contributed by atoms with Crippen LogP contribution in [0, 0.1) is 0 Å². The van der Waals surface area contributed by atoms with Crippen LogP contribution in [0.15, 0.2) is 42.5 Å². The van der Waals surface area contributed by atoms with E-state index in [1.54, 1.807) is 6.08 Å². The lowest BCUT2D eigenvalue weighted by Gasteiger charge is -2.35. The molecule has 4 heteroatoms. The molecular weight excluding hydrogens is 228 g/mol. The molecule has 18 heavy (non-hydrogen) atoms. The number of hydrogen-bond donors (Lipinski definition) is 1. The van der Waals surface area contributed by atoms with Crippen molar-refractivity contribution >= 4 is 11.7 Å². The molecule has 1 aromatic carbocycles. The SMILES string of the molecule is O=C(O)C=CCN1CCN(c2ccccc2)CC1. The van der Waals surface area contributed by atoms with Crippen molar-refractivity contribution in [3.63, 3.8) is 0 Å². The van der Waals surface area contributed by atoms with Crippen molar-refractivity contribution < 1.29 is 9.90 Å². The summed E-state index contributed by atoms with van der Waals surface area (Å²) in [5, 5.41) is 8.52. The number of nitrogens with zero attached hydrogens (tertiary/aromatic N) is 2. The fourth-order valence-corrected chi connectivity index (χ4v) is 2.13. The van der Waals surface area contributed by atoms with E-state index in [9.17, 15) is 4.79 Å². The predicted molar refractivity (Wildman–Crippen MR) is 71.9 cm³/mol. The van der Waals surface area contributed by atoms with Gasteiger partial charge in [-0.1, -0.05) is 24.3 Å². The van der Waals surface area contributed by atoms with Gasteiger partial charge in [-0.05, 0) is 12.1 Å². The topological polar surface area (TPSA) is 43.8 Å². The minimum atomic E-state index is -0.877. The number of aliphatic carboxylic acids is 1. The van der Waals surface area contributed by atoms with Crippen LogP contribution in [0.4, 0.5) is 5.69 Å². The number of carbonyl (C=O) groups is 1. The van der Waals surface area contributed by atoms with Gasteiger partial charge >= 0.3 is 5.97 Å². The molecule has 0 bridgehead atoms. The molecule has 4 nitrogen and oxygen atoms in total. The molecule has 0 aliphatic carbocycles. The zero-order chi connectivity index (χ0) is 12.8. The van der Waals surface area contributed by atoms with E-state index in [0.29, 0.717) is 0 Å². The Morgan fingerprint density at radius 3 is 2.44 bits per heavy atom. The minimum Gasteiger partial charge on any atom is -0.478 e. The van der Waals surface area contributed by atoms with Gasteiger partial charge in [0, 0.05) is 44.5 Å². The van der Waals surface area contributed by atoms with Crippen LogP contribution in [-0.4, -0.2) is 48.7 Å². The number of hydrogen-bond acceptors (Lipinski definition) is 3. The van der Waals surface area contributed by atoms with Gasteiger partial charge in [0.2, 0.25) is 0 Å². The van der Waals surface area contributed by atoms with Crippen LogP contribution in [0.3, 0.4) is 0 Å². The van der Waals surface area contributed by atoms with Gasteiger partial charge in [-0.15, -0.1) is 0 Å². The smallest absolute Gasteiger partial charge is 0.328 e. The van der Waals surface area contributed by atoms with Crippen molar-refractivity contribution in [1.82, 2.24) is 4.90 Å². The summed E-state index contributed by atoms with van der Waals surface area (Å²) >= 11 is 0. The van der Waals surface area contributed by atoms with E-state index in [2.05, 4.69) is 34.1 Å². The Hall–Kier alpha value is -1.81. The number of carboxylic acids is 1. The van der Waals surface area contributed by atoms with Crippen molar-refractivity contribution in [2.24, 2.45) is 0 Å². The van der Waals surface area contributed by atoms with E-state index < -0.39 is 5.97 Å². The molecule has 1 N–H and O–H groups in total. The Labute approximate surface area is 107 Å². The fourth-order valence-electron chi connectivity index (χ4n) is 2.13. The van der Waals surface area contributed by atoms with E-state index in [1.807, 2.05) is 6.07 Å². The summed E-state index contributed by atoms with van der Waals surface area (Å²) in [5.41, 5.74) is 1.26. The minimum absolute atomic E-state index is 0.717. The number of piperazine rings is 1. The monoisotopic (exact) mass is 246 g/mol. The number of benzene rings is 1. The van der Waals surface area contributed by atoms with Crippen molar-refractivity contribution in [3.05, 3.63) is 42.5 Å². The van der Waals surface area contributed by atoms with Crippen LogP contribution >= 0.6 is 0 Å². The highest BCUT2D eigenvalue weighted by molar-refractivity contribution is 5.79. The normalized spacial score (nSPS) is 17.2. The molecule has 1 saturated heterocycles. The molecule has 0 radical (unpaired) electrons. The summed E-state index contributed by atoms with van der Waals surface area (Å²) in [7, 11) is 0. The third-order valence-electron chi connectivity index (χ3n) is 3.12. The third-order valence-corrected chi connectivity index (χ3v) is 3.12. The lowest BCUT2D eigenvalue weighted by molar-refractivity contribution is -0.131. The standard InChI is InChI=1S/C14H18N2O2/c17-14(18)7-4-8-15-9-11-16(12-10-15)13-5-2-1-3-6-13/h1-7H,8-12H2,(H,17,18). The molecule has 1 aromatic rings. The Kier molecular flexibility index (Phi) is 4.36. The lowest BCUT2D eigenvalue weighted by Crippen LogP contribution is -2.46. The average molecular weight is 246 g/mol. The van der Waals surface area contributed by atoms with Crippen molar-refractivity contribution in [2.45, 2.75) is 0 Å². The Morgan fingerprint density at radius 2 is 1.83 bits per heavy atom. The second-order valence-electron chi connectivity index (χ2n) is 4.36. The molecule has 1 aliphatic rings. The molecule has 1 aliphatic heterocycles. The van der Waals surface area contributed by atoms with Crippen molar-refractivity contribution in [1.29, 1.82) is 0 Å². The Balaban J connectivity index is 1.80. The van der Waals surface area contributed by atoms with E-state index in [1.165, 1.54) is 11.8 Å². The largest absolute Gasteiger partial charge is 0.478 e. The van der Waals surface area contributed by atoms with Gasteiger partial charge in [0.1, 0.15) is 0 Å². The first-order chi connectivity index (χ1) is 8.75. The molecule has 2 rings (SSSR count). The Bertz CT molecular complexity index is 409. The first-order valence-electron chi connectivity index (χ1n) is 6.17. The van der Waals surface area contributed by atoms with Crippen LogP contribution < -0.4 is 4.90 Å². The molecule has 96 valence electrons. The van der Waals surface area contributed by atoms with E-state index >= 15 is 0 Å². The molecular formula is C14H18N2O2. The molecule has 1 fully saturated rings. The predicted octanol–water partition coefficient (Wildman–Crippen LogP) is 1.45. The molecule has 1 heterocycles. The highest BCUT2D eigenvalue weighted by Crippen LogP contribution is 2.15. The van der Waals surface area contributed by atoms with Crippen LogP contribution in [0.25, 0.3) is 0 Å². The zero-order valence-electron chi connectivity index (χ0n) is 10.3. The number of para-hydroxylation sites is 1. The van der Waals surface area contributed by atoms with Crippen LogP contribution in [0.5, 0.6) is 0 Å². The maximum absolute atomic E-state index is 10.4. The highest BCUT2D eigenvalue weighted by atomic mass is 16.4. The molecule has 0 aromatic heterocycles. The second kappa shape index (κ2) is 6.21. The van der Waals surface area contributed by atoms with Gasteiger partial charge in [0.25, 0.3) is 0 Å². The summed E-state index contributed by atoms with van der Waals surface area (Å²) in [4.78, 5) is 15.0. The summed E-state index contributed by atoms with van der Waals surface area (Å²) in [6, 6.07) is 10.4. The quantitative estimate of drug-likeness (QED) is 0.817. The first kappa shape index (κ1) is 12.6. The van der Waals surface area contributed by atoms with Crippen LogP contribution in [0.2, 0.25) is 0 Å². The van der Waals surface area contributed by atoms with Gasteiger partial charge in [0.05, 0.1) is 0 Å². The number of rotatable bonds is 4. The number of anilines is 1. The van der Waals surface area contributed by atoms with E-state index in [0.717, 1.165) is 32.7 Å². The van der Waals surface area contributed by atoms with Gasteiger partial charge in [-0.3, -0.25) is 4.90 Å². The Morgan fingerprint density at radius 1 is 1.17 bits per heavy atom. The lowest BCUT2D eigenvalue weighted by atomic mass is 10.2. The van der Waals surface area contributed by atoms with Crippen LogP contribution in [0.1, 0.15) is 0 Å². The molecule has 0 spiro atoms. The summed E-state index contributed by atoms with van der Waals surface area (Å²) in [5.74, 6) is -0.877. The summed E-state index contributed by atoms with van der Waals surface area (Å²) < 4.78 is 0. The van der Waals surface area contributed by atoms with Gasteiger partial charge in [0.15, 0.2) is 0 Å². The second-order valence-corrected chi connectivity index (χ2v) is 4.36. The molecule has 0 unspecified atom stereocenters. The maximum Gasteiger partial charge on any atom is 0.328 e. The van der Waals surface area contributed by atoms with Crippen molar-refractivity contribution in [2.75, 3.05) is 37.6 Å². The zero-order valence-corrected chi connectivity index (χ0v) is 10.3. The molecule has 0 atom stereocenters. The summed E-state index contributed by atoms with van der Waals surface area (Å²) in [6.07, 6.45) is 2.92. The third kappa shape index (κ3) is 3.60. The molecule has 0 saturated carbocycles. The highest BCUT2D eigenvalue weighted by Gasteiger charge is 2.15. The van der Waals surface area contributed by atoms with Gasteiger partial charge in [-0.25, -0.2) is 4.79 Å². The van der Waals surface area contributed by atoms with Crippen LogP contribution in [-0.2, 0) is 4.79 Å². The number of carboxylic acid groups (broad SMARTS) is 1. The maximum atomic E-state index is 10.4. The van der Waals surface area contributed by atoms with E-state index in [4.69, 9.17) is 5.11 Å². The fraction of sp³-hybridized carbons (Fsp3) is 0.357. The average Bonchev–Trinajstić information content (AvgIpc) is 2.40. The van der Waals surface area contributed by atoms with Crippen molar-refractivity contribution in [3.8, 4) is 0 Å². The van der Waals surface area contributed by atoms with Gasteiger partial charge in [-0.2, -0.15) is 0 Å². The first-order valence-corrected chi connectivity index (χ1v) is 6.17. The molecule has 0 amide bonds. The van der Waals surface area contributed by atoms with Gasteiger partial charge < -0.3 is 10.0 Å².